The van der Waals surface area contributed by atoms with Crippen molar-refractivity contribution < 1.29 is 19.9 Å². The number of aliphatic hydroxyl groups is 2. The normalized spacial score (nSPS) is 13.9. The number of alkyl halides is 1. The second-order valence-electron chi connectivity index (χ2n) is 4.08. The summed E-state index contributed by atoms with van der Waals surface area (Å²) in [6, 6.07) is 3.74. The zero-order valence-corrected chi connectivity index (χ0v) is 11.0. The van der Waals surface area contributed by atoms with Gasteiger partial charge in [0.2, 0.25) is 0 Å². The van der Waals surface area contributed by atoms with Crippen LogP contribution in [-0.4, -0.2) is 32.9 Å². The highest BCUT2D eigenvalue weighted by molar-refractivity contribution is 6.17. The molecule has 0 saturated heterocycles. The Hall–Kier alpha value is -1.50. The lowest BCUT2D eigenvalue weighted by Crippen LogP contribution is -2.20. The van der Waals surface area contributed by atoms with E-state index in [1.54, 1.807) is 0 Å². The molecule has 2 N–H and O–H groups in total. The van der Waals surface area contributed by atoms with Gasteiger partial charge in [-0.05, 0) is 19.4 Å². The minimum absolute atomic E-state index is 0.0346. The van der Waals surface area contributed by atoms with Gasteiger partial charge in [-0.3, -0.25) is 14.9 Å². The van der Waals surface area contributed by atoms with Gasteiger partial charge < -0.3 is 10.2 Å². The van der Waals surface area contributed by atoms with Gasteiger partial charge >= 0.3 is 0 Å². The van der Waals surface area contributed by atoms with Crippen molar-refractivity contribution >= 4 is 23.1 Å². The maximum absolute atomic E-state index is 11.2. The Morgan fingerprint density at radius 1 is 1.47 bits per heavy atom. The van der Waals surface area contributed by atoms with E-state index in [0.717, 1.165) is 6.07 Å². The largest absolute Gasteiger partial charge is 0.390 e. The zero-order valence-electron chi connectivity index (χ0n) is 10.2. The summed E-state index contributed by atoms with van der Waals surface area (Å²) in [7, 11) is 0. The van der Waals surface area contributed by atoms with E-state index in [1.807, 2.05) is 0 Å². The molecule has 2 unspecified atom stereocenters. The molecular formula is C12H14ClNO5. The van der Waals surface area contributed by atoms with Gasteiger partial charge in [-0.1, -0.05) is 6.07 Å². The third-order valence-corrected chi connectivity index (χ3v) is 2.94. The fourth-order valence-electron chi connectivity index (χ4n) is 1.65. The van der Waals surface area contributed by atoms with Crippen molar-refractivity contribution in [3.8, 4) is 0 Å². The number of rotatable bonds is 6. The molecule has 0 bridgehead atoms. The molecule has 1 rings (SSSR count). The van der Waals surface area contributed by atoms with Crippen LogP contribution in [0.2, 0.25) is 0 Å². The van der Waals surface area contributed by atoms with Crippen molar-refractivity contribution in [2.45, 2.75) is 25.6 Å². The molecule has 0 fully saturated rings. The molecule has 0 aliphatic heterocycles. The highest BCUT2D eigenvalue weighted by Gasteiger charge is 2.26. The lowest BCUT2D eigenvalue weighted by molar-refractivity contribution is -0.386. The molecule has 104 valence electrons. The predicted octanol–water partition coefficient (Wildman–Crippen LogP) is 1.82. The number of ketones is 1. The predicted molar refractivity (Wildman–Crippen MR) is 69.4 cm³/mol. The van der Waals surface area contributed by atoms with Gasteiger partial charge in [-0.25, -0.2) is 0 Å². The van der Waals surface area contributed by atoms with E-state index in [4.69, 9.17) is 11.6 Å². The highest BCUT2D eigenvalue weighted by Crippen LogP contribution is 2.29. The summed E-state index contributed by atoms with van der Waals surface area (Å²) in [5.74, 6) is -0.192. The Balaban J connectivity index is 3.20. The molecule has 0 heterocycles. The molecule has 0 amide bonds. The maximum Gasteiger partial charge on any atom is 0.276 e. The van der Waals surface area contributed by atoms with Crippen molar-refractivity contribution in [2.24, 2.45) is 0 Å². The van der Waals surface area contributed by atoms with Crippen molar-refractivity contribution in [3.63, 3.8) is 0 Å². The van der Waals surface area contributed by atoms with E-state index < -0.39 is 22.8 Å². The summed E-state index contributed by atoms with van der Waals surface area (Å²) in [4.78, 5) is 21.4. The lowest BCUT2D eigenvalue weighted by Gasteiger charge is -2.17. The second kappa shape index (κ2) is 6.60. The molecule has 0 saturated carbocycles. The fraction of sp³-hybridized carbons (Fsp3) is 0.417. The average Bonchev–Trinajstić information content (AvgIpc) is 2.37. The van der Waals surface area contributed by atoms with E-state index in [1.165, 1.54) is 19.1 Å². The molecule has 7 heteroatoms. The van der Waals surface area contributed by atoms with E-state index in [2.05, 4.69) is 0 Å². The van der Waals surface area contributed by atoms with Crippen LogP contribution in [0.5, 0.6) is 0 Å². The van der Waals surface area contributed by atoms with Crippen LogP contribution in [0, 0.1) is 10.1 Å². The van der Waals surface area contributed by atoms with Crippen LogP contribution in [0.25, 0.3) is 0 Å². The number of nitro groups is 1. The fourth-order valence-corrected chi connectivity index (χ4v) is 1.87. The van der Waals surface area contributed by atoms with Gasteiger partial charge in [0.15, 0.2) is 5.78 Å². The van der Waals surface area contributed by atoms with Crippen LogP contribution in [0.4, 0.5) is 5.69 Å². The number of nitro benzene ring substituents is 1. The first-order valence-electron chi connectivity index (χ1n) is 5.59. The third kappa shape index (κ3) is 3.73. The number of benzene rings is 1. The smallest absolute Gasteiger partial charge is 0.276 e. The first-order chi connectivity index (χ1) is 8.88. The molecule has 0 aliphatic rings. The highest BCUT2D eigenvalue weighted by atomic mass is 35.5. The van der Waals surface area contributed by atoms with Crippen LogP contribution < -0.4 is 0 Å². The standard InChI is InChI=1S/C12H14ClNO5/c1-7(15)8-2-3-9(10(6-8)14(18)19)12(17)11(16)4-5-13/h2-3,6,11-12,16-17H,4-5H2,1H3. The van der Waals surface area contributed by atoms with Crippen molar-refractivity contribution in [1.29, 1.82) is 0 Å². The Morgan fingerprint density at radius 2 is 2.11 bits per heavy atom. The number of Topliss-reactive ketones (excluding diaryl/α,β-unsaturated/α-hetero) is 1. The van der Waals surface area contributed by atoms with Crippen LogP contribution in [-0.2, 0) is 0 Å². The molecular weight excluding hydrogens is 274 g/mol. The van der Waals surface area contributed by atoms with E-state index in [0.29, 0.717) is 0 Å². The topological polar surface area (TPSA) is 101 Å². The Kier molecular flexibility index (Phi) is 5.41. The number of carbonyl (C=O) groups is 1. The van der Waals surface area contributed by atoms with Gasteiger partial charge in [0.1, 0.15) is 6.10 Å². The number of hydrogen-bond donors (Lipinski definition) is 2. The molecule has 1 aromatic carbocycles. The SMILES string of the molecule is CC(=O)c1ccc(C(O)C(O)CCCl)c([N+](=O)[O-])c1. The molecule has 0 aliphatic carbocycles. The van der Waals surface area contributed by atoms with Crippen LogP contribution in [0.1, 0.15) is 35.4 Å². The van der Waals surface area contributed by atoms with Gasteiger partial charge in [-0.2, -0.15) is 0 Å². The van der Waals surface area contributed by atoms with Crippen molar-refractivity contribution in [1.82, 2.24) is 0 Å². The molecule has 19 heavy (non-hydrogen) atoms. The number of carbonyl (C=O) groups excluding carboxylic acids is 1. The summed E-state index contributed by atoms with van der Waals surface area (Å²) in [6.07, 6.45) is -2.51. The molecule has 0 radical (unpaired) electrons. The Bertz CT molecular complexity index is 491. The lowest BCUT2D eigenvalue weighted by atomic mass is 9.98. The summed E-state index contributed by atoms with van der Waals surface area (Å²) >= 11 is 5.45. The second-order valence-corrected chi connectivity index (χ2v) is 4.45. The van der Waals surface area contributed by atoms with Crippen molar-refractivity contribution in [2.75, 3.05) is 5.88 Å². The minimum Gasteiger partial charge on any atom is -0.390 e. The van der Waals surface area contributed by atoms with Gasteiger partial charge in [0.05, 0.1) is 16.6 Å². The van der Waals surface area contributed by atoms with Crippen LogP contribution in [0.3, 0.4) is 0 Å². The molecule has 0 aromatic heterocycles. The summed E-state index contributed by atoms with van der Waals surface area (Å²) in [5, 5.41) is 30.5. The van der Waals surface area contributed by atoms with Crippen molar-refractivity contribution in [3.05, 3.63) is 39.4 Å². The maximum atomic E-state index is 11.2. The number of nitrogens with zero attached hydrogens (tertiary/aromatic N) is 1. The molecule has 0 spiro atoms. The molecule has 2 atom stereocenters. The quantitative estimate of drug-likeness (QED) is 0.360. The monoisotopic (exact) mass is 287 g/mol. The first kappa shape index (κ1) is 15.6. The van der Waals surface area contributed by atoms with Gasteiger partial charge in [0, 0.05) is 17.5 Å². The van der Waals surface area contributed by atoms with Crippen LogP contribution >= 0.6 is 11.6 Å². The third-order valence-electron chi connectivity index (χ3n) is 2.72. The first-order valence-corrected chi connectivity index (χ1v) is 6.13. The number of hydrogen-bond acceptors (Lipinski definition) is 5. The molecule has 1 aromatic rings. The van der Waals surface area contributed by atoms with Gasteiger partial charge in [0.25, 0.3) is 5.69 Å². The summed E-state index contributed by atoms with van der Waals surface area (Å²) in [5.41, 5.74) is -0.254. The summed E-state index contributed by atoms with van der Waals surface area (Å²) < 4.78 is 0. The van der Waals surface area contributed by atoms with Crippen LogP contribution in [0.15, 0.2) is 18.2 Å². The Labute approximate surface area is 114 Å². The molecule has 6 nitrogen and oxygen atoms in total. The summed E-state index contributed by atoms with van der Waals surface area (Å²) in [6.45, 7) is 1.29. The van der Waals surface area contributed by atoms with E-state index in [-0.39, 0.29) is 29.2 Å². The van der Waals surface area contributed by atoms with Gasteiger partial charge in [-0.15, -0.1) is 11.6 Å². The van der Waals surface area contributed by atoms with E-state index >= 15 is 0 Å². The average molecular weight is 288 g/mol. The Morgan fingerprint density at radius 3 is 2.58 bits per heavy atom. The van der Waals surface area contributed by atoms with E-state index in [9.17, 15) is 25.1 Å². The number of aliphatic hydroxyl groups excluding tert-OH is 2. The number of halogens is 1. The minimum atomic E-state index is -1.42. The zero-order chi connectivity index (χ0) is 14.6.